The number of carbonyl (C=O) groups excluding carboxylic acids is 2. The van der Waals surface area contributed by atoms with E-state index in [9.17, 15) is 19.7 Å². The molecule has 0 unspecified atom stereocenters. The molecule has 0 radical (unpaired) electrons. The van der Waals surface area contributed by atoms with Gasteiger partial charge >= 0.3 is 0 Å². The van der Waals surface area contributed by atoms with Gasteiger partial charge in [0.15, 0.2) is 0 Å². The zero-order chi connectivity index (χ0) is 24.1. The highest BCUT2D eigenvalue weighted by Crippen LogP contribution is 2.26. The normalized spacial score (nSPS) is 10.5. The molecular weight excluding hydrogens is 434 g/mol. The smallest absolute Gasteiger partial charge is 0.269 e. The molecule has 2 amide bonds. The van der Waals surface area contributed by atoms with E-state index in [4.69, 9.17) is 0 Å². The lowest BCUT2D eigenvalue weighted by Crippen LogP contribution is -2.14. The maximum absolute atomic E-state index is 12.8. The summed E-state index contributed by atoms with van der Waals surface area (Å²) >= 11 is 0. The molecule has 170 valence electrons. The van der Waals surface area contributed by atoms with Crippen LogP contribution in [0.4, 0.5) is 17.1 Å². The standard InChI is InChI=1S/C25H21N5O4/c1-17(31)26-20-9-11-21(12-10-20)27-24(32)15-19-16-29(22-5-3-2-4-6-22)28-25(19)18-7-13-23(14-8-18)30(33)34/h2-14,16H,15H2,1H3,(H,26,31)(H,27,32). The van der Waals surface area contributed by atoms with Crippen molar-refractivity contribution >= 4 is 28.9 Å². The molecule has 3 aromatic carbocycles. The number of nitro groups is 1. The number of rotatable bonds is 7. The Kier molecular flexibility index (Phi) is 6.45. The molecule has 0 saturated carbocycles. The van der Waals surface area contributed by atoms with Gasteiger partial charge in [-0.1, -0.05) is 18.2 Å². The second-order valence-corrected chi connectivity index (χ2v) is 7.57. The van der Waals surface area contributed by atoms with E-state index < -0.39 is 4.92 Å². The van der Waals surface area contributed by atoms with Gasteiger partial charge in [0.05, 0.1) is 22.7 Å². The summed E-state index contributed by atoms with van der Waals surface area (Å²) < 4.78 is 1.68. The van der Waals surface area contributed by atoms with Crippen LogP contribution in [-0.2, 0) is 16.0 Å². The third-order valence-corrected chi connectivity index (χ3v) is 5.00. The first-order valence-electron chi connectivity index (χ1n) is 10.5. The van der Waals surface area contributed by atoms with Crippen molar-refractivity contribution in [2.24, 2.45) is 0 Å². The summed E-state index contributed by atoms with van der Waals surface area (Å²) in [4.78, 5) is 34.5. The summed E-state index contributed by atoms with van der Waals surface area (Å²) in [7, 11) is 0. The molecule has 0 saturated heterocycles. The Bertz CT molecular complexity index is 1330. The highest BCUT2D eigenvalue weighted by molar-refractivity contribution is 5.94. The second-order valence-electron chi connectivity index (χ2n) is 7.57. The number of hydrogen-bond acceptors (Lipinski definition) is 5. The topological polar surface area (TPSA) is 119 Å². The third kappa shape index (κ3) is 5.33. The van der Waals surface area contributed by atoms with Crippen molar-refractivity contribution in [1.29, 1.82) is 0 Å². The number of aromatic nitrogens is 2. The second kappa shape index (κ2) is 9.78. The van der Waals surface area contributed by atoms with E-state index in [0.29, 0.717) is 28.2 Å². The molecule has 9 heteroatoms. The van der Waals surface area contributed by atoms with Gasteiger partial charge in [0, 0.05) is 47.8 Å². The lowest BCUT2D eigenvalue weighted by atomic mass is 10.1. The number of hydrogen-bond donors (Lipinski definition) is 2. The minimum absolute atomic E-state index is 0.0201. The quantitative estimate of drug-likeness (QED) is 0.312. The molecule has 0 spiro atoms. The minimum atomic E-state index is -0.460. The average molecular weight is 455 g/mol. The largest absolute Gasteiger partial charge is 0.326 e. The third-order valence-electron chi connectivity index (χ3n) is 5.00. The molecule has 0 aliphatic carbocycles. The van der Waals surface area contributed by atoms with E-state index >= 15 is 0 Å². The predicted molar refractivity (Wildman–Crippen MR) is 129 cm³/mol. The summed E-state index contributed by atoms with van der Waals surface area (Å²) in [6.07, 6.45) is 1.83. The van der Waals surface area contributed by atoms with Crippen molar-refractivity contribution in [3.8, 4) is 16.9 Å². The van der Waals surface area contributed by atoms with Crippen LogP contribution in [0.2, 0.25) is 0 Å². The zero-order valence-corrected chi connectivity index (χ0v) is 18.3. The zero-order valence-electron chi connectivity index (χ0n) is 18.3. The number of nitrogens with one attached hydrogen (secondary N) is 2. The van der Waals surface area contributed by atoms with Crippen molar-refractivity contribution in [2.75, 3.05) is 10.6 Å². The van der Waals surface area contributed by atoms with E-state index in [1.54, 1.807) is 47.3 Å². The van der Waals surface area contributed by atoms with Gasteiger partial charge in [0.1, 0.15) is 0 Å². The number of carbonyl (C=O) groups is 2. The van der Waals surface area contributed by atoms with Crippen molar-refractivity contribution in [3.63, 3.8) is 0 Å². The molecule has 2 N–H and O–H groups in total. The number of non-ortho nitro benzene ring substituents is 1. The minimum Gasteiger partial charge on any atom is -0.326 e. The number of anilines is 2. The first-order valence-corrected chi connectivity index (χ1v) is 10.5. The SMILES string of the molecule is CC(=O)Nc1ccc(NC(=O)Cc2cn(-c3ccccc3)nc2-c2ccc([N+](=O)[O-])cc2)cc1. The lowest BCUT2D eigenvalue weighted by molar-refractivity contribution is -0.384. The Balaban J connectivity index is 1.59. The van der Waals surface area contributed by atoms with Gasteiger partial charge in [-0.3, -0.25) is 19.7 Å². The Hall–Kier alpha value is -4.79. The van der Waals surface area contributed by atoms with Crippen molar-refractivity contribution in [2.45, 2.75) is 13.3 Å². The highest BCUT2D eigenvalue weighted by atomic mass is 16.6. The number of amides is 2. The fraction of sp³-hybridized carbons (Fsp3) is 0.0800. The van der Waals surface area contributed by atoms with Crippen LogP contribution in [0, 0.1) is 10.1 Å². The van der Waals surface area contributed by atoms with E-state index in [2.05, 4.69) is 15.7 Å². The molecule has 34 heavy (non-hydrogen) atoms. The van der Waals surface area contributed by atoms with E-state index in [-0.39, 0.29) is 23.9 Å². The van der Waals surface area contributed by atoms with E-state index in [1.165, 1.54) is 19.1 Å². The summed E-state index contributed by atoms with van der Waals surface area (Å²) in [5, 5.41) is 21.2. The van der Waals surface area contributed by atoms with Gasteiger partial charge in [-0.2, -0.15) is 5.10 Å². The van der Waals surface area contributed by atoms with Crippen LogP contribution in [0.5, 0.6) is 0 Å². The maximum atomic E-state index is 12.8. The Morgan fingerprint density at radius 2 is 1.53 bits per heavy atom. The van der Waals surface area contributed by atoms with E-state index in [1.807, 2.05) is 30.3 Å². The average Bonchev–Trinajstić information content (AvgIpc) is 3.24. The van der Waals surface area contributed by atoms with Gasteiger partial charge in [-0.15, -0.1) is 0 Å². The van der Waals surface area contributed by atoms with Crippen LogP contribution in [-0.4, -0.2) is 26.5 Å². The van der Waals surface area contributed by atoms with E-state index in [0.717, 1.165) is 5.69 Å². The van der Waals surface area contributed by atoms with Gasteiger partial charge in [-0.25, -0.2) is 4.68 Å². The fourth-order valence-corrected chi connectivity index (χ4v) is 3.45. The van der Waals surface area contributed by atoms with Crippen LogP contribution in [0.25, 0.3) is 16.9 Å². The summed E-state index contributed by atoms with van der Waals surface area (Å²) in [5.74, 6) is -0.422. The van der Waals surface area contributed by atoms with Gasteiger partial charge in [0.2, 0.25) is 11.8 Å². The molecule has 1 aromatic heterocycles. The Labute approximate surface area is 195 Å². The summed E-state index contributed by atoms with van der Waals surface area (Å²) in [6.45, 7) is 1.42. The number of nitro benzene ring substituents is 1. The van der Waals surface area contributed by atoms with Crippen LogP contribution in [0.15, 0.2) is 85.1 Å². The number of benzene rings is 3. The molecule has 1 heterocycles. The Morgan fingerprint density at radius 3 is 2.12 bits per heavy atom. The predicted octanol–water partition coefficient (Wildman–Crippen LogP) is 4.59. The van der Waals surface area contributed by atoms with Gasteiger partial charge in [-0.05, 0) is 48.5 Å². The maximum Gasteiger partial charge on any atom is 0.269 e. The Morgan fingerprint density at radius 1 is 0.912 bits per heavy atom. The molecule has 0 aliphatic heterocycles. The van der Waals surface area contributed by atoms with Crippen molar-refractivity contribution in [1.82, 2.24) is 9.78 Å². The summed E-state index contributed by atoms with van der Waals surface area (Å²) in [5.41, 5.74) is 3.93. The monoisotopic (exact) mass is 455 g/mol. The fourth-order valence-electron chi connectivity index (χ4n) is 3.45. The van der Waals surface area contributed by atoms with Crippen LogP contribution >= 0.6 is 0 Å². The molecule has 4 aromatic rings. The van der Waals surface area contributed by atoms with Gasteiger partial charge < -0.3 is 10.6 Å². The first kappa shape index (κ1) is 22.4. The molecule has 0 bridgehead atoms. The molecular formula is C25H21N5O4. The van der Waals surface area contributed by atoms with Crippen LogP contribution in [0.3, 0.4) is 0 Å². The molecule has 0 aliphatic rings. The molecule has 4 rings (SSSR count). The van der Waals surface area contributed by atoms with Crippen molar-refractivity contribution < 1.29 is 14.5 Å². The van der Waals surface area contributed by atoms with Gasteiger partial charge in [0.25, 0.3) is 5.69 Å². The number of para-hydroxylation sites is 1. The first-order chi connectivity index (χ1) is 16.4. The number of nitrogens with zero attached hydrogens (tertiary/aromatic N) is 3. The molecule has 0 fully saturated rings. The molecule has 0 atom stereocenters. The van der Waals surface area contributed by atoms with Crippen LogP contribution in [0.1, 0.15) is 12.5 Å². The molecule has 9 nitrogen and oxygen atoms in total. The van der Waals surface area contributed by atoms with Crippen LogP contribution < -0.4 is 10.6 Å². The van der Waals surface area contributed by atoms with Crippen molar-refractivity contribution in [3.05, 3.63) is 101 Å². The highest BCUT2D eigenvalue weighted by Gasteiger charge is 2.17. The summed E-state index contributed by atoms with van der Waals surface area (Å²) in [6, 6.07) is 22.3. The lowest BCUT2D eigenvalue weighted by Gasteiger charge is -2.07.